The molecule has 1 aromatic rings. The molecule has 0 spiro atoms. The van der Waals surface area contributed by atoms with Crippen molar-refractivity contribution in [1.82, 2.24) is 9.97 Å². The fourth-order valence-electron chi connectivity index (χ4n) is 1.68. The van der Waals surface area contributed by atoms with E-state index < -0.39 is 0 Å². The number of nitrogen functional groups attached to an aromatic ring is 1. The van der Waals surface area contributed by atoms with Crippen molar-refractivity contribution in [3.63, 3.8) is 0 Å². The van der Waals surface area contributed by atoms with Gasteiger partial charge in [0.25, 0.3) is 0 Å². The van der Waals surface area contributed by atoms with Crippen molar-refractivity contribution in [2.24, 2.45) is 11.8 Å². The summed E-state index contributed by atoms with van der Waals surface area (Å²) in [6.45, 7) is 6.65. The fraction of sp³-hybridized carbons (Fsp3) is 0.667. The molecule has 0 aliphatic carbocycles. The molecule has 6 heteroatoms. The molecule has 1 aromatic heterocycles. The van der Waals surface area contributed by atoms with Crippen molar-refractivity contribution in [3.05, 3.63) is 10.7 Å². The summed E-state index contributed by atoms with van der Waals surface area (Å²) in [4.78, 5) is 8.28. The van der Waals surface area contributed by atoms with Crippen LogP contribution in [0.1, 0.15) is 40.0 Å². The number of aromatic nitrogens is 2. The Kier molecular flexibility index (Phi) is 6.35. The van der Waals surface area contributed by atoms with Crippen molar-refractivity contribution < 1.29 is 0 Å². The van der Waals surface area contributed by atoms with Gasteiger partial charge in [-0.1, -0.05) is 26.7 Å². The highest BCUT2D eigenvalue weighted by Crippen LogP contribution is 2.21. The molecule has 5 nitrogen and oxygen atoms in total. The lowest BCUT2D eigenvalue weighted by atomic mass is 10.0. The Labute approximate surface area is 117 Å². The third kappa shape index (κ3) is 5.18. The predicted octanol–water partition coefficient (Wildman–Crippen LogP) is 3.15. The summed E-state index contributed by atoms with van der Waals surface area (Å²) in [5.41, 5.74) is 2.44. The third-order valence-corrected chi connectivity index (χ3v) is 3.26. The molecule has 0 radical (unpaired) electrons. The SMILES string of the molecule is CC(C)CCCC(C)Nc1nc(NN)ncc1Br. The highest BCUT2D eigenvalue weighted by Gasteiger charge is 2.08. The predicted molar refractivity (Wildman–Crippen MR) is 79.3 cm³/mol. The minimum atomic E-state index is 0.376. The molecule has 0 fully saturated rings. The Bertz CT molecular complexity index is 369. The van der Waals surface area contributed by atoms with E-state index in [1.807, 2.05) is 0 Å². The zero-order valence-electron chi connectivity index (χ0n) is 11.2. The van der Waals surface area contributed by atoms with E-state index in [1.54, 1.807) is 6.20 Å². The van der Waals surface area contributed by atoms with E-state index in [2.05, 4.69) is 57.4 Å². The first kappa shape index (κ1) is 15.2. The number of halogens is 1. The molecule has 1 atom stereocenters. The molecule has 1 heterocycles. The molecule has 0 aromatic carbocycles. The number of nitrogens with one attached hydrogen (secondary N) is 2. The Balaban J connectivity index is 2.50. The maximum absolute atomic E-state index is 5.29. The summed E-state index contributed by atoms with van der Waals surface area (Å²) in [5, 5.41) is 3.37. The molecular weight excluding hydrogens is 294 g/mol. The van der Waals surface area contributed by atoms with Crippen LogP contribution in [0, 0.1) is 5.92 Å². The summed E-state index contributed by atoms with van der Waals surface area (Å²) in [5.74, 6) is 7.24. The number of hydrogen-bond donors (Lipinski definition) is 3. The summed E-state index contributed by atoms with van der Waals surface area (Å²) >= 11 is 3.42. The van der Waals surface area contributed by atoms with Gasteiger partial charge in [0.1, 0.15) is 5.82 Å². The van der Waals surface area contributed by atoms with Gasteiger partial charge in [0.05, 0.1) is 4.47 Å². The van der Waals surface area contributed by atoms with Crippen LogP contribution in [-0.4, -0.2) is 16.0 Å². The largest absolute Gasteiger partial charge is 0.367 e. The van der Waals surface area contributed by atoms with E-state index in [9.17, 15) is 0 Å². The fourth-order valence-corrected chi connectivity index (χ4v) is 1.98. The van der Waals surface area contributed by atoms with Gasteiger partial charge in [-0.3, -0.25) is 5.43 Å². The van der Waals surface area contributed by atoms with Crippen LogP contribution in [-0.2, 0) is 0 Å². The van der Waals surface area contributed by atoms with Gasteiger partial charge in [-0.05, 0) is 35.2 Å². The first-order valence-electron chi connectivity index (χ1n) is 6.28. The molecule has 0 bridgehead atoms. The minimum absolute atomic E-state index is 0.376. The molecular formula is C12H22BrN5. The molecule has 0 saturated carbocycles. The monoisotopic (exact) mass is 315 g/mol. The van der Waals surface area contributed by atoms with Crippen LogP contribution in [0.3, 0.4) is 0 Å². The maximum atomic E-state index is 5.29. The Morgan fingerprint density at radius 1 is 1.33 bits per heavy atom. The van der Waals surface area contributed by atoms with Crippen LogP contribution >= 0.6 is 15.9 Å². The van der Waals surface area contributed by atoms with Gasteiger partial charge in [-0.2, -0.15) is 4.98 Å². The van der Waals surface area contributed by atoms with E-state index >= 15 is 0 Å². The smallest absolute Gasteiger partial charge is 0.239 e. The van der Waals surface area contributed by atoms with E-state index in [-0.39, 0.29) is 0 Å². The molecule has 0 aliphatic rings. The quantitative estimate of drug-likeness (QED) is 0.532. The van der Waals surface area contributed by atoms with Crippen molar-refractivity contribution in [2.75, 3.05) is 10.7 Å². The Morgan fingerprint density at radius 2 is 2.06 bits per heavy atom. The van der Waals surface area contributed by atoms with Crippen molar-refractivity contribution in [2.45, 2.75) is 46.1 Å². The summed E-state index contributed by atoms with van der Waals surface area (Å²) in [6, 6.07) is 0.376. The van der Waals surface area contributed by atoms with Crippen LogP contribution in [0.4, 0.5) is 11.8 Å². The second-order valence-corrected chi connectivity index (χ2v) is 5.76. The number of hydrazine groups is 1. The third-order valence-electron chi connectivity index (χ3n) is 2.67. The van der Waals surface area contributed by atoms with Crippen LogP contribution < -0.4 is 16.6 Å². The molecule has 1 rings (SSSR count). The number of nitrogens with two attached hydrogens (primary N) is 1. The highest BCUT2D eigenvalue weighted by molar-refractivity contribution is 9.10. The van der Waals surface area contributed by atoms with Crippen molar-refractivity contribution in [3.8, 4) is 0 Å². The van der Waals surface area contributed by atoms with Crippen LogP contribution in [0.2, 0.25) is 0 Å². The minimum Gasteiger partial charge on any atom is -0.367 e. The molecule has 0 amide bonds. The number of anilines is 2. The number of nitrogens with zero attached hydrogens (tertiary/aromatic N) is 2. The summed E-state index contributed by atoms with van der Waals surface area (Å²) in [6.07, 6.45) is 5.29. The van der Waals surface area contributed by atoms with Crippen LogP contribution in [0.5, 0.6) is 0 Å². The molecule has 18 heavy (non-hydrogen) atoms. The van der Waals surface area contributed by atoms with Gasteiger partial charge in [-0.25, -0.2) is 10.8 Å². The molecule has 1 unspecified atom stereocenters. The van der Waals surface area contributed by atoms with Gasteiger partial charge in [0.2, 0.25) is 5.95 Å². The first-order valence-corrected chi connectivity index (χ1v) is 7.08. The first-order chi connectivity index (χ1) is 8.52. The van der Waals surface area contributed by atoms with Gasteiger partial charge in [-0.15, -0.1) is 0 Å². The topological polar surface area (TPSA) is 75.9 Å². The lowest BCUT2D eigenvalue weighted by molar-refractivity contribution is 0.520. The average molecular weight is 316 g/mol. The average Bonchev–Trinajstić information content (AvgIpc) is 2.31. The second kappa shape index (κ2) is 7.53. The van der Waals surface area contributed by atoms with Crippen LogP contribution in [0.25, 0.3) is 0 Å². The normalized spacial score (nSPS) is 12.6. The van der Waals surface area contributed by atoms with Gasteiger partial charge < -0.3 is 5.32 Å². The zero-order valence-corrected chi connectivity index (χ0v) is 12.8. The van der Waals surface area contributed by atoms with E-state index in [4.69, 9.17) is 5.84 Å². The maximum Gasteiger partial charge on any atom is 0.239 e. The molecule has 0 saturated heterocycles. The lowest BCUT2D eigenvalue weighted by Gasteiger charge is -2.16. The zero-order chi connectivity index (χ0) is 13.5. The van der Waals surface area contributed by atoms with Crippen molar-refractivity contribution in [1.29, 1.82) is 0 Å². The van der Waals surface area contributed by atoms with Gasteiger partial charge >= 0.3 is 0 Å². The molecule has 0 aliphatic heterocycles. The standard InChI is InChI=1S/C12H22BrN5/c1-8(2)5-4-6-9(3)16-11-10(13)7-15-12(17-11)18-14/h7-9H,4-6,14H2,1-3H3,(H2,15,16,17,18). The number of hydrogen-bond acceptors (Lipinski definition) is 5. The Morgan fingerprint density at radius 3 is 2.67 bits per heavy atom. The van der Waals surface area contributed by atoms with E-state index in [1.165, 1.54) is 12.8 Å². The van der Waals surface area contributed by atoms with E-state index in [0.29, 0.717) is 12.0 Å². The molecule has 102 valence electrons. The van der Waals surface area contributed by atoms with Gasteiger partial charge in [0.15, 0.2) is 0 Å². The van der Waals surface area contributed by atoms with E-state index in [0.717, 1.165) is 22.6 Å². The van der Waals surface area contributed by atoms with Gasteiger partial charge in [0, 0.05) is 12.2 Å². The second-order valence-electron chi connectivity index (χ2n) is 4.90. The highest BCUT2D eigenvalue weighted by atomic mass is 79.9. The molecule has 4 N–H and O–H groups in total. The van der Waals surface area contributed by atoms with Crippen molar-refractivity contribution >= 4 is 27.7 Å². The lowest BCUT2D eigenvalue weighted by Crippen LogP contribution is -2.18. The number of rotatable bonds is 7. The Hall–Kier alpha value is -0.880. The summed E-state index contributed by atoms with van der Waals surface area (Å²) < 4.78 is 0.845. The van der Waals surface area contributed by atoms with Crippen LogP contribution in [0.15, 0.2) is 10.7 Å². The summed E-state index contributed by atoms with van der Waals surface area (Å²) in [7, 11) is 0.